The predicted octanol–water partition coefficient (Wildman–Crippen LogP) is 2.20. The molecule has 0 aliphatic carbocycles. The van der Waals surface area contributed by atoms with Crippen molar-refractivity contribution in [1.82, 2.24) is 10.6 Å². The van der Waals surface area contributed by atoms with Crippen LogP contribution in [0.1, 0.15) is 27.7 Å². The van der Waals surface area contributed by atoms with Gasteiger partial charge in [0, 0.05) is 10.2 Å². The Morgan fingerprint density at radius 2 is 2.00 bits per heavy atom. The van der Waals surface area contributed by atoms with Gasteiger partial charge in [0.1, 0.15) is 6.29 Å². The molecule has 0 rings (SSSR count). The second kappa shape index (κ2) is 9.08. The number of rotatable bonds is 8. The van der Waals surface area contributed by atoms with Crippen LogP contribution in [0.15, 0.2) is 23.8 Å². The zero-order valence-electron chi connectivity index (χ0n) is 12.9. The van der Waals surface area contributed by atoms with Gasteiger partial charge in [-0.3, -0.25) is 4.79 Å². The molecule has 5 heteroatoms. The van der Waals surface area contributed by atoms with E-state index >= 15 is 0 Å². The Morgan fingerprint density at radius 1 is 1.40 bits per heavy atom. The van der Waals surface area contributed by atoms with Crippen LogP contribution in [0.3, 0.4) is 0 Å². The Labute approximate surface area is 130 Å². The average molecular weight is 345 g/mol. The monoisotopic (exact) mass is 344 g/mol. The first-order valence-corrected chi connectivity index (χ1v) is 7.60. The van der Waals surface area contributed by atoms with E-state index in [4.69, 9.17) is 0 Å². The smallest absolute Gasteiger partial charge is 0.238 e. The SMILES string of the molecule is C/C=C\C(=C/C(C)Br)C(C)(C)[C@H](NC)C(=O)NCC=O. The minimum Gasteiger partial charge on any atom is -0.348 e. The van der Waals surface area contributed by atoms with Crippen molar-refractivity contribution < 1.29 is 9.59 Å². The minimum absolute atomic E-state index is 0.0323. The van der Waals surface area contributed by atoms with Gasteiger partial charge in [-0.1, -0.05) is 48.0 Å². The number of allylic oxidation sites excluding steroid dienone is 3. The summed E-state index contributed by atoms with van der Waals surface area (Å²) in [6.45, 7) is 8.03. The summed E-state index contributed by atoms with van der Waals surface area (Å²) in [5.41, 5.74) is 0.654. The quantitative estimate of drug-likeness (QED) is 0.403. The number of hydrogen-bond donors (Lipinski definition) is 2. The van der Waals surface area contributed by atoms with E-state index in [0.717, 1.165) is 5.57 Å². The normalized spacial score (nSPS) is 16.0. The highest BCUT2D eigenvalue weighted by Crippen LogP contribution is 2.32. The summed E-state index contributed by atoms with van der Waals surface area (Å²) in [6.07, 6.45) is 6.73. The van der Waals surface area contributed by atoms with E-state index in [2.05, 4.69) is 32.6 Å². The summed E-state index contributed by atoms with van der Waals surface area (Å²) in [4.78, 5) is 22.8. The van der Waals surface area contributed by atoms with Gasteiger partial charge in [-0.2, -0.15) is 0 Å². The minimum atomic E-state index is -0.420. The largest absolute Gasteiger partial charge is 0.348 e. The second-order valence-corrected chi connectivity index (χ2v) is 6.60. The van der Waals surface area contributed by atoms with Crippen molar-refractivity contribution in [2.24, 2.45) is 5.41 Å². The summed E-state index contributed by atoms with van der Waals surface area (Å²) >= 11 is 3.51. The van der Waals surface area contributed by atoms with Crippen molar-refractivity contribution in [3.63, 3.8) is 0 Å². The standard InChI is InChI=1S/C15H25BrN2O2/c1-6-7-12(10-11(2)16)15(3,4)13(17-5)14(20)18-8-9-19/h6-7,9-11,13,17H,8H2,1-5H3,(H,18,20)/b7-6-,12-10+/t11?,13-/m1/s1. The molecule has 0 saturated heterocycles. The Hall–Kier alpha value is -0.940. The third-order valence-corrected chi connectivity index (χ3v) is 3.40. The first kappa shape index (κ1) is 19.1. The fourth-order valence-corrected chi connectivity index (χ4v) is 2.43. The highest BCUT2D eigenvalue weighted by molar-refractivity contribution is 9.09. The molecule has 0 radical (unpaired) electrons. The zero-order chi connectivity index (χ0) is 15.8. The molecule has 2 atom stereocenters. The highest BCUT2D eigenvalue weighted by Gasteiger charge is 2.36. The Balaban J connectivity index is 5.39. The van der Waals surface area contributed by atoms with Crippen LogP contribution in [0.2, 0.25) is 0 Å². The zero-order valence-corrected chi connectivity index (χ0v) is 14.5. The molecule has 0 aliphatic heterocycles. The molecule has 0 aromatic rings. The van der Waals surface area contributed by atoms with Crippen LogP contribution in [-0.4, -0.2) is 36.7 Å². The Bertz CT molecular complexity index is 387. The molecular weight excluding hydrogens is 320 g/mol. The van der Waals surface area contributed by atoms with Gasteiger partial charge in [0.2, 0.25) is 5.91 Å². The molecule has 0 aromatic heterocycles. The van der Waals surface area contributed by atoms with Crippen molar-refractivity contribution >= 4 is 28.1 Å². The van der Waals surface area contributed by atoms with Crippen molar-refractivity contribution in [2.75, 3.05) is 13.6 Å². The molecule has 0 aliphatic rings. The summed E-state index contributed by atoms with van der Waals surface area (Å²) in [6, 6.07) is -0.420. The summed E-state index contributed by atoms with van der Waals surface area (Å²) in [5, 5.41) is 5.65. The molecular formula is C15H25BrN2O2. The molecule has 0 saturated carbocycles. The molecule has 0 fully saturated rings. The first-order valence-electron chi connectivity index (χ1n) is 6.68. The maximum absolute atomic E-state index is 12.2. The number of alkyl halides is 1. The lowest BCUT2D eigenvalue weighted by atomic mass is 9.76. The average Bonchev–Trinajstić information content (AvgIpc) is 2.35. The van der Waals surface area contributed by atoms with Crippen molar-refractivity contribution in [3.05, 3.63) is 23.8 Å². The number of amides is 1. The number of nitrogens with one attached hydrogen (secondary N) is 2. The molecule has 0 aromatic carbocycles. The van der Waals surface area contributed by atoms with Crippen LogP contribution in [0.25, 0.3) is 0 Å². The van der Waals surface area contributed by atoms with Crippen LogP contribution >= 0.6 is 15.9 Å². The van der Waals surface area contributed by atoms with Gasteiger partial charge in [0.25, 0.3) is 0 Å². The lowest BCUT2D eigenvalue weighted by Gasteiger charge is -2.34. The maximum atomic E-state index is 12.2. The summed E-state index contributed by atoms with van der Waals surface area (Å²) in [5.74, 6) is -0.178. The second-order valence-electron chi connectivity index (χ2n) is 5.15. The van der Waals surface area contributed by atoms with E-state index < -0.39 is 11.5 Å². The number of aldehydes is 1. The Kier molecular flexibility index (Phi) is 8.65. The first-order chi connectivity index (χ1) is 9.31. The maximum Gasteiger partial charge on any atom is 0.238 e. The lowest BCUT2D eigenvalue weighted by molar-refractivity contribution is -0.126. The molecule has 1 unspecified atom stereocenters. The van der Waals surface area contributed by atoms with Gasteiger partial charge in [-0.05, 0) is 26.5 Å². The van der Waals surface area contributed by atoms with E-state index in [1.165, 1.54) is 0 Å². The van der Waals surface area contributed by atoms with Crippen molar-refractivity contribution in [3.8, 4) is 0 Å². The number of halogens is 1. The lowest BCUT2D eigenvalue weighted by Crippen LogP contribution is -2.52. The Morgan fingerprint density at radius 3 is 2.40 bits per heavy atom. The fraction of sp³-hybridized carbons (Fsp3) is 0.600. The molecule has 20 heavy (non-hydrogen) atoms. The van der Waals surface area contributed by atoms with Crippen LogP contribution in [0.5, 0.6) is 0 Å². The van der Waals surface area contributed by atoms with Crippen LogP contribution < -0.4 is 10.6 Å². The highest BCUT2D eigenvalue weighted by atomic mass is 79.9. The number of carbonyl (C=O) groups is 2. The summed E-state index contributed by atoms with van der Waals surface area (Å²) in [7, 11) is 1.75. The molecule has 4 nitrogen and oxygen atoms in total. The number of carbonyl (C=O) groups excluding carboxylic acids is 2. The van der Waals surface area contributed by atoms with E-state index in [9.17, 15) is 9.59 Å². The van der Waals surface area contributed by atoms with Crippen molar-refractivity contribution in [1.29, 1.82) is 0 Å². The van der Waals surface area contributed by atoms with Crippen LogP contribution in [0.4, 0.5) is 0 Å². The van der Waals surface area contributed by atoms with E-state index in [1.54, 1.807) is 7.05 Å². The van der Waals surface area contributed by atoms with E-state index in [-0.39, 0.29) is 17.3 Å². The van der Waals surface area contributed by atoms with E-state index in [0.29, 0.717) is 6.29 Å². The predicted molar refractivity (Wildman–Crippen MR) is 87.0 cm³/mol. The third kappa shape index (κ3) is 5.59. The molecule has 0 spiro atoms. The van der Waals surface area contributed by atoms with Gasteiger partial charge in [-0.25, -0.2) is 0 Å². The van der Waals surface area contributed by atoms with Gasteiger partial charge < -0.3 is 15.4 Å². The van der Waals surface area contributed by atoms with E-state index in [1.807, 2.05) is 39.8 Å². The van der Waals surface area contributed by atoms with Crippen LogP contribution in [-0.2, 0) is 9.59 Å². The van der Waals surface area contributed by atoms with Gasteiger partial charge in [0.15, 0.2) is 0 Å². The van der Waals surface area contributed by atoms with Crippen molar-refractivity contribution in [2.45, 2.75) is 38.6 Å². The van der Waals surface area contributed by atoms with Gasteiger partial charge in [-0.15, -0.1) is 0 Å². The van der Waals surface area contributed by atoms with Gasteiger partial charge >= 0.3 is 0 Å². The fourth-order valence-electron chi connectivity index (χ4n) is 2.14. The van der Waals surface area contributed by atoms with Crippen LogP contribution in [0, 0.1) is 5.41 Å². The topological polar surface area (TPSA) is 58.2 Å². The molecule has 0 bridgehead atoms. The third-order valence-electron chi connectivity index (χ3n) is 3.13. The number of hydrogen-bond acceptors (Lipinski definition) is 3. The van der Waals surface area contributed by atoms with Gasteiger partial charge in [0.05, 0.1) is 12.6 Å². The molecule has 0 heterocycles. The number of likely N-dealkylation sites (N-methyl/N-ethyl adjacent to an activating group) is 1. The molecule has 114 valence electrons. The summed E-state index contributed by atoms with van der Waals surface area (Å²) < 4.78 is 0. The molecule has 1 amide bonds. The molecule has 2 N–H and O–H groups in total.